The van der Waals surface area contributed by atoms with Crippen LogP contribution in [-0.2, 0) is 0 Å². The molecule has 0 spiro atoms. The van der Waals surface area contributed by atoms with Gasteiger partial charge in [0, 0.05) is 5.56 Å². The second-order valence-corrected chi connectivity index (χ2v) is 4.07. The number of rotatable bonds is 2. The smallest absolute Gasteiger partial charge is 0.261 e. The third kappa shape index (κ3) is 2.11. The van der Waals surface area contributed by atoms with E-state index in [0.29, 0.717) is 5.56 Å². The molecule has 6 heteroatoms. The molecule has 20 heavy (non-hydrogen) atoms. The number of hydrogen-bond donors (Lipinski definition) is 1. The standard InChI is InChI=1S/C14H8F2N2O2/c15-11-6-2-5-10(12(11)16)14-17-13(18-20-14)8-3-1-4-9(19)7-8/h1-7,19H. The van der Waals surface area contributed by atoms with E-state index in [1.54, 1.807) is 12.1 Å². The Morgan fingerprint density at radius 3 is 2.65 bits per heavy atom. The van der Waals surface area contributed by atoms with Crippen LogP contribution in [0.5, 0.6) is 5.75 Å². The second kappa shape index (κ2) is 4.73. The second-order valence-electron chi connectivity index (χ2n) is 4.07. The first-order chi connectivity index (χ1) is 9.65. The number of hydrogen-bond acceptors (Lipinski definition) is 4. The fourth-order valence-corrected chi connectivity index (χ4v) is 1.76. The van der Waals surface area contributed by atoms with Crippen LogP contribution in [0.4, 0.5) is 8.78 Å². The third-order valence-electron chi connectivity index (χ3n) is 2.71. The van der Waals surface area contributed by atoms with Crippen molar-refractivity contribution in [2.45, 2.75) is 0 Å². The molecule has 0 saturated heterocycles. The fraction of sp³-hybridized carbons (Fsp3) is 0. The Bertz CT molecular complexity index is 771. The number of benzene rings is 2. The third-order valence-corrected chi connectivity index (χ3v) is 2.71. The van der Waals surface area contributed by atoms with Gasteiger partial charge in [-0.25, -0.2) is 8.78 Å². The molecule has 0 amide bonds. The van der Waals surface area contributed by atoms with Crippen molar-refractivity contribution in [2.75, 3.05) is 0 Å². The Morgan fingerprint density at radius 1 is 1.05 bits per heavy atom. The first kappa shape index (κ1) is 12.3. The summed E-state index contributed by atoms with van der Waals surface area (Å²) in [6.45, 7) is 0. The normalized spacial score (nSPS) is 10.7. The Labute approximate surface area is 112 Å². The lowest BCUT2D eigenvalue weighted by Crippen LogP contribution is -1.89. The molecule has 3 aromatic rings. The molecule has 3 rings (SSSR count). The van der Waals surface area contributed by atoms with Gasteiger partial charge in [0.05, 0.1) is 5.56 Å². The van der Waals surface area contributed by atoms with Crippen molar-refractivity contribution >= 4 is 0 Å². The van der Waals surface area contributed by atoms with Gasteiger partial charge >= 0.3 is 0 Å². The number of aromatic nitrogens is 2. The number of halogens is 2. The summed E-state index contributed by atoms with van der Waals surface area (Å²) in [4.78, 5) is 4.00. The van der Waals surface area contributed by atoms with Gasteiger partial charge in [-0.2, -0.15) is 4.98 Å². The van der Waals surface area contributed by atoms with Crippen molar-refractivity contribution < 1.29 is 18.4 Å². The summed E-state index contributed by atoms with van der Waals surface area (Å²) in [5.41, 5.74) is 0.403. The van der Waals surface area contributed by atoms with Crippen LogP contribution < -0.4 is 0 Å². The van der Waals surface area contributed by atoms with Gasteiger partial charge in [0.1, 0.15) is 5.75 Å². The Balaban J connectivity index is 2.04. The van der Waals surface area contributed by atoms with Gasteiger partial charge in [-0.15, -0.1) is 0 Å². The zero-order chi connectivity index (χ0) is 14.1. The summed E-state index contributed by atoms with van der Waals surface area (Å²) in [5, 5.41) is 13.1. The molecule has 0 aliphatic heterocycles. The average molecular weight is 274 g/mol. The highest BCUT2D eigenvalue weighted by Crippen LogP contribution is 2.26. The quantitative estimate of drug-likeness (QED) is 0.778. The van der Waals surface area contributed by atoms with E-state index in [1.165, 1.54) is 24.3 Å². The lowest BCUT2D eigenvalue weighted by Gasteiger charge is -1.97. The molecule has 0 fully saturated rings. The predicted molar refractivity (Wildman–Crippen MR) is 66.8 cm³/mol. The van der Waals surface area contributed by atoms with Gasteiger partial charge in [0.25, 0.3) is 5.89 Å². The van der Waals surface area contributed by atoms with Gasteiger partial charge in [-0.3, -0.25) is 0 Å². The number of phenolic OH excluding ortho intramolecular Hbond substituents is 1. The van der Waals surface area contributed by atoms with Gasteiger partial charge < -0.3 is 9.63 Å². The topological polar surface area (TPSA) is 59.2 Å². The van der Waals surface area contributed by atoms with Crippen LogP contribution in [0.15, 0.2) is 47.0 Å². The molecular weight excluding hydrogens is 266 g/mol. The Hall–Kier alpha value is -2.76. The summed E-state index contributed by atoms with van der Waals surface area (Å²) in [5.74, 6) is -1.93. The molecule has 1 N–H and O–H groups in total. The van der Waals surface area contributed by atoms with Gasteiger partial charge in [-0.05, 0) is 24.3 Å². The Morgan fingerprint density at radius 2 is 1.85 bits per heavy atom. The lowest BCUT2D eigenvalue weighted by molar-refractivity contribution is 0.426. The molecule has 0 aliphatic rings. The first-order valence-electron chi connectivity index (χ1n) is 5.72. The van der Waals surface area contributed by atoms with Gasteiger partial charge in [0.15, 0.2) is 11.6 Å². The molecule has 4 nitrogen and oxygen atoms in total. The van der Waals surface area contributed by atoms with Crippen LogP contribution in [0.3, 0.4) is 0 Å². The molecule has 100 valence electrons. The van der Waals surface area contributed by atoms with Crippen LogP contribution in [0, 0.1) is 11.6 Å². The zero-order valence-corrected chi connectivity index (χ0v) is 10.0. The minimum Gasteiger partial charge on any atom is -0.508 e. The molecule has 0 saturated carbocycles. The van der Waals surface area contributed by atoms with E-state index in [4.69, 9.17) is 4.52 Å². The maximum absolute atomic E-state index is 13.6. The van der Waals surface area contributed by atoms with Gasteiger partial charge in [-0.1, -0.05) is 23.4 Å². The van der Waals surface area contributed by atoms with Crippen molar-refractivity contribution in [2.24, 2.45) is 0 Å². The highest BCUT2D eigenvalue weighted by Gasteiger charge is 2.16. The number of nitrogens with zero attached hydrogens (tertiary/aromatic N) is 2. The highest BCUT2D eigenvalue weighted by atomic mass is 19.2. The van der Waals surface area contributed by atoms with E-state index in [-0.39, 0.29) is 23.0 Å². The molecule has 1 aromatic heterocycles. The van der Waals surface area contributed by atoms with Crippen molar-refractivity contribution in [1.29, 1.82) is 0 Å². The van der Waals surface area contributed by atoms with Crippen LogP contribution in [-0.4, -0.2) is 15.2 Å². The molecule has 1 heterocycles. The van der Waals surface area contributed by atoms with E-state index < -0.39 is 11.6 Å². The predicted octanol–water partition coefficient (Wildman–Crippen LogP) is 3.39. The monoisotopic (exact) mass is 274 g/mol. The van der Waals surface area contributed by atoms with Crippen LogP contribution >= 0.6 is 0 Å². The first-order valence-corrected chi connectivity index (χ1v) is 5.72. The zero-order valence-electron chi connectivity index (χ0n) is 10.0. The SMILES string of the molecule is Oc1cccc(-c2noc(-c3cccc(F)c3F)n2)c1. The highest BCUT2D eigenvalue weighted by molar-refractivity contribution is 5.61. The molecule has 2 aromatic carbocycles. The Kier molecular flexibility index (Phi) is 2.90. The molecule has 0 radical (unpaired) electrons. The van der Waals surface area contributed by atoms with Crippen molar-refractivity contribution in [3.05, 3.63) is 54.1 Å². The molecule has 0 bridgehead atoms. The summed E-state index contributed by atoms with van der Waals surface area (Å²) in [6, 6.07) is 9.92. The molecule has 0 atom stereocenters. The van der Waals surface area contributed by atoms with Crippen LogP contribution in [0.2, 0.25) is 0 Å². The molecule has 0 unspecified atom stereocenters. The van der Waals surface area contributed by atoms with Crippen molar-refractivity contribution in [1.82, 2.24) is 10.1 Å². The summed E-state index contributed by atoms with van der Waals surface area (Å²) in [6.07, 6.45) is 0. The summed E-state index contributed by atoms with van der Waals surface area (Å²) < 4.78 is 31.7. The molecule has 0 aliphatic carbocycles. The van der Waals surface area contributed by atoms with E-state index in [1.807, 2.05) is 0 Å². The van der Waals surface area contributed by atoms with E-state index in [2.05, 4.69) is 10.1 Å². The molecular formula is C14H8F2N2O2. The van der Waals surface area contributed by atoms with E-state index in [9.17, 15) is 13.9 Å². The van der Waals surface area contributed by atoms with E-state index >= 15 is 0 Å². The summed E-state index contributed by atoms with van der Waals surface area (Å²) in [7, 11) is 0. The summed E-state index contributed by atoms with van der Waals surface area (Å²) >= 11 is 0. The average Bonchev–Trinajstić information content (AvgIpc) is 2.91. The van der Waals surface area contributed by atoms with Crippen LogP contribution in [0.25, 0.3) is 22.8 Å². The number of aromatic hydroxyl groups is 1. The fourth-order valence-electron chi connectivity index (χ4n) is 1.76. The maximum Gasteiger partial charge on any atom is 0.261 e. The van der Waals surface area contributed by atoms with Crippen molar-refractivity contribution in [3.8, 4) is 28.6 Å². The minimum absolute atomic E-state index is 0.0470. The largest absolute Gasteiger partial charge is 0.508 e. The maximum atomic E-state index is 13.6. The van der Waals surface area contributed by atoms with Crippen LogP contribution in [0.1, 0.15) is 0 Å². The van der Waals surface area contributed by atoms with Crippen molar-refractivity contribution in [3.63, 3.8) is 0 Å². The minimum atomic E-state index is -1.04. The number of phenols is 1. The lowest BCUT2D eigenvalue weighted by atomic mass is 10.2. The van der Waals surface area contributed by atoms with E-state index in [0.717, 1.165) is 6.07 Å². The van der Waals surface area contributed by atoms with Gasteiger partial charge in [0.2, 0.25) is 5.82 Å².